The molecule has 106 valence electrons. The minimum absolute atomic E-state index is 0.288. The van der Waals surface area contributed by atoms with Crippen LogP contribution in [0.3, 0.4) is 0 Å². The van der Waals surface area contributed by atoms with Crippen molar-refractivity contribution in [3.8, 4) is 0 Å². The van der Waals surface area contributed by atoms with E-state index in [1.54, 1.807) is 25.3 Å². The number of aromatic nitrogens is 1. The quantitative estimate of drug-likeness (QED) is 0.860. The summed E-state index contributed by atoms with van der Waals surface area (Å²) in [6, 6.07) is 12.2. The summed E-state index contributed by atoms with van der Waals surface area (Å²) in [6.07, 6.45) is 1.59. The highest BCUT2D eigenvalue weighted by atomic mass is 16.2. The van der Waals surface area contributed by atoms with Crippen molar-refractivity contribution in [3.63, 3.8) is 0 Å². The maximum atomic E-state index is 12.8. The zero-order valence-electron chi connectivity index (χ0n) is 11.8. The third-order valence-electron chi connectivity index (χ3n) is 3.68. The third-order valence-corrected chi connectivity index (χ3v) is 3.68. The summed E-state index contributed by atoms with van der Waals surface area (Å²) < 4.78 is 0. The molecule has 1 N–H and O–H groups in total. The molecule has 3 amide bonds. The fourth-order valence-corrected chi connectivity index (χ4v) is 2.51. The molecule has 0 radical (unpaired) electrons. The average molecular weight is 281 g/mol. The van der Waals surface area contributed by atoms with E-state index in [0.717, 1.165) is 11.3 Å². The molecular weight excluding hydrogens is 266 g/mol. The molecular formula is C16H15N3O2. The average Bonchev–Trinajstić information content (AvgIpc) is 2.71. The van der Waals surface area contributed by atoms with Crippen molar-refractivity contribution >= 4 is 17.6 Å². The molecule has 1 atom stereocenters. The first-order valence-electron chi connectivity index (χ1n) is 6.67. The summed E-state index contributed by atoms with van der Waals surface area (Å²) in [5, 5.41) is 2.78. The van der Waals surface area contributed by atoms with Crippen molar-refractivity contribution in [3.05, 3.63) is 59.9 Å². The van der Waals surface area contributed by atoms with Crippen molar-refractivity contribution in [1.82, 2.24) is 10.3 Å². The first kappa shape index (κ1) is 13.3. The topological polar surface area (TPSA) is 62.3 Å². The second-order valence-electron chi connectivity index (χ2n) is 5.22. The van der Waals surface area contributed by atoms with Crippen LogP contribution in [0.1, 0.15) is 18.2 Å². The highest BCUT2D eigenvalue weighted by Gasteiger charge is 2.49. The van der Waals surface area contributed by atoms with E-state index in [2.05, 4.69) is 10.3 Å². The van der Waals surface area contributed by atoms with E-state index < -0.39 is 11.6 Å². The first-order chi connectivity index (χ1) is 10.0. The van der Waals surface area contributed by atoms with E-state index in [1.807, 2.05) is 37.3 Å². The van der Waals surface area contributed by atoms with Crippen LogP contribution >= 0.6 is 0 Å². The molecule has 1 aliphatic rings. The van der Waals surface area contributed by atoms with Gasteiger partial charge in [-0.05, 0) is 31.5 Å². The van der Waals surface area contributed by atoms with Crippen molar-refractivity contribution in [1.29, 1.82) is 0 Å². The summed E-state index contributed by atoms with van der Waals surface area (Å²) in [5.41, 5.74) is 0.998. The molecule has 0 spiro atoms. The zero-order chi connectivity index (χ0) is 15.0. The number of urea groups is 1. The van der Waals surface area contributed by atoms with Gasteiger partial charge in [-0.2, -0.15) is 0 Å². The summed E-state index contributed by atoms with van der Waals surface area (Å²) in [4.78, 5) is 30.3. The van der Waals surface area contributed by atoms with E-state index in [0.29, 0.717) is 5.69 Å². The number of amides is 3. The lowest BCUT2D eigenvalue weighted by Gasteiger charge is -2.22. The van der Waals surface area contributed by atoms with Gasteiger partial charge in [0.2, 0.25) is 0 Å². The largest absolute Gasteiger partial charge is 0.329 e. The molecule has 5 nitrogen and oxygen atoms in total. The van der Waals surface area contributed by atoms with Crippen LogP contribution in [-0.2, 0) is 10.3 Å². The second-order valence-corrected chi connectivity index (χ2v) is 5.22. The van der Waals surface area contributed by atoms with Gasteiger partial charge in [-0.15, -0.1) is 0 Å². The van der Waals surface area contributed by atoms with Gasteiger partial charge in [0.15, 0.2) is 0 Å². The Kier molecular flexibility index (Phi) is 2.97. The number of rotatable bonds is 2. The molecule has 1 aromatic heterocycles. The summed E-state index contributed by atoms with van der Waals surface area (Å²) >= 11 is 0. The van der Waals surface area contributed by atoms with E-state index in [9.17, 15) is 9.59 Å². The van der Waals surface area contributed by atoms with Gasteiger partial charge in [-0.3, -0.25) is 9.78 Å². The number of anilines is 1. The number of carbonyl (C=O) groups is 2. The summed E-state index contributed by atoms with van der Waals surface area (Å²) in [7, 11) is 0. The predicted molar refractivity (Wildman–Crippen MR) is 78.8 cm³/mol. The Morgan fingerprint density at radius 2 is 1.86 bits per heavy atom. The third kappa shape index (κ3) is 2.07. The molecule has 5 heteroatoms. The van der Waals surface area contributed by atoms with Crippen LogP contribution < -0.4 is 10.2 Å². The van der Waals surface area contributed by atoms with Crippen molar-refractivity contribution in [2.75, 3.05) is 4.90 Å². The van der Waals surface area contributed by atoms with Crippen LogP contribution in [0.15, 0.2) is 48.7 Å². The Morgan fingerprint density at radius 1 is 1.14 bits per heavy atom. The van der Waals surface area contributed by atoms with Gasteiger partial charge in [0.25, 0.3) is 5.91 Å². The number of nitrogens with one attached hydrogen (secondary N) is 1. The van der Waals surface area contributed by atoms with Crippen molar-refractivity contribution in [2.24, 2.45) is 0 Å². The molecule has 0 bridgehead atoms. The van der Waals surface area contributed by atoms with Crippen LogP contribution in [0.5, 0.6) is 0 Å². The van der Waals surface area contributed by atoms with Crippen LogP contribution in [0.2, 0.25) is 0 Å². The highest BCUT2D eigenvalue weighted by Crippen LogP contribution is 2.31. The molecule has 0 saturated carbocycles. The van der Waals surface area contributed by atoms with Gasteiger partial charge in [0.05, 0.1) is 5.69 Å². The van der Waals surface area contributed by atoms with Gasteiger partial charge in [0.1, 0.15) is 5.54 Å². The molecule has 1 aliphatic heterocycles. The number of hydrogen-bond acceptors (Lipinski definition) is 3. The fraction of sp³-hybridized carbons (Fsp3) is 0.188. The van der Waals surface area contributed by atoms with E-state index in [4.69, 9.17) is 0 Å². The summed E-state index contributed by atoms with van der Waals surface area (Å²) in [6.45, 7) is 3.54. The van der Waals surface area contributed by atoms with Gasteiger partial charge in [-0.1, -0.05) is 30.3 Å². The Hall–Kier alpha value is -2.69. The predicted octanol–water partition coefficient (Wildman–Crippen LogP) is 2.36. The lowest BCUT2D eigenvalue weighted by Crippen LogP contribution is -2.40. The first-order valence-corrected chi connectivity index (χ1v) is 6.67. The normalized spacial score (nSPS) is 21.5. The Labute approximate surface area is 122 Å². The zero-order valence-corrected chi connectivity index (χ0v) is 11.8. The van der Waals surface area contributed by atoms with Crippen LogP contribution in [0.4, 0.5) is 10.5 Å². The smallest absolute Gasteiger partial charge is 0.319 e. The molecule has 21 heavy (non-hydrogen) atoms. The maximum absolute atomic E-state index is 12.8. The SMILES string of the molecule is Cc1cc(N2C(=O)NC(C)(c3ccccc3)C2=O)ccn1. The van der Waals surface area contributed by atoms with Gasteiger partial charge < -0.3 is 5.32 Å². The second kappa shape index (κ2) is 4.70. The Balaban J connectivity index is 2.04. The molecule has 2 heterocycles. The minimum Gasteiger partial charge on any atom is -0.319 e. The molecule has 1 unspecified atom stereocenters. The highest BCUT2D eigenvalue weighted by molar-refractivity contribution is 6.23. The molecule has 3 rings (SSSR count). The monoisotopic (exact) mass is 281 g/mol. The number of imide groups is 1. The minimum atomic E-state index is -1.05. The fourth-order valence-electron chi connectivity index (χ4n) is 2.51. The summed E-state index contributed by atoms with van der Waals surface area (Å²) in [5.74, 6) is -0.288. The molecule has 1 aromatic carbocycles. The van der Waals surface area contributed by atoms with E-state index in [-0.39, 0.29) is 5.91 Å². The molecule has 1 fully saturated rings. The van der Waals surface area contributed by atoms with Crippen LogP contribution in [-0.4, -0.2) is 16.9 Å². The maximum Gasteiger partial charge on any atom is 0.329 e. The molecule has 0 aliphatic carbocycles. The molecule has 1 saturated heterocycles. The van der Waals surface area contributed by atoms with Gasteiger partial charge in [-0.25, -0.2) is 9.69 Å². The Morgan fingerprint density at radius 3 is 2.52 bits per heavy atom. The number of pyridine rings is 1. The number of nitrogens with zero attached hydrogens (tertiary/aromatic N) is 2. The number of carbonyl (C=O) groups excluding carboxylic acids is 2. The number of benzene rings is 1. The Bertz CT molecular complexity index is 714. The molecule has 2 aromatic rings. The number of hydrogen-bond donors (Lipinski definition) is 1. The van der Waals surface area contributed by atoms with Gasteiger partial charge in [0, 0.05) is 11.9 Å². The number of aryl methyl sites for hydroxylation is 1. The lowest BCUT2D eigenvalue weighted by atomic mass is 9.92. The standard InChI is InChI=1S/C16H15N3O2/c1-11-10-13(8-9-17-11)19-14(20)16(2,18-15(19)21)12-6-4-3-5-7-12/h3-10H,1-2H3,(H,18,21). The van der Waals surface area contributed by atoms with Crippen molar-refractivity contribution < 1.29 is 9.59 Å². The van der Waals surface area contributed by atoms with Crippen molar-refractivity contribution in [2.45, 2.75) is 19.4 Å². The van der Waals surface area contributed by atoms with Crippen LogP contribution in [0, 0.1) is 6.92 Å². The lowest BCUT2D eigenvalue weighted by molar-refractivity contribution is -0.121. The van der Waals surface area contributed by atoms with E-state index in [1.165, 1.54) is 4.90 Å². The van der Waals surface area contributed by atoms with Crippen LogP contribution in [0.25, 0.3) is 0 Å². The van der Waals surface area contributed by atoms with Gasteiger partial charge >= 0.3 is 6.03 Å². The van der Waals surface area contributed by atoms with E-state index >= 15 is 0 Å².